The molecule has 3 aromatic rings. The zero-order valence-corrected chi connectivity index (χ0v) is 23.3. The van der Waals surface area contributed by atoms with Crippen molar-refractivity contribution in [2.75, 3.05) is 20.2 Å². The van der Waals surface area contributed by atoms with E-state index in [1.807, 2.05) is 47.4 Å². The largest absolute Gasteiger partial charge is 0.497 e. The van der Waals surface area contributed by atoms with Gasteiger partial charge >= 0.3 is 0 Å². The number of ether oxygens (including phenoxy) is 1. The van der Waals surface area contributed by atoms with Gasteiger partial charge in [-0.15, -0.1) is 0 Å². The SMILES string of the molecule is CCCCCCCN1C/C=C\[C@H](c2ccc(OC)cc2)N(Cc2ccc(F)cc2)C(=O)[C@@H]1Cc1ccccc1. The number of carbonyl (C=O) groups excluding carboxylic acids is 1. The summed E-state index contributed by atoms with van der Waals surface area (Å²) in [6.45, 7) is 4.24. The predicted molar refractivity (Wildman–Crippen MR) is 156 cm³/mol. The van der Waals surface area contributed by atoms with E-state index in [9.17, 15) is 9.18 Å². The van der Waals surface area contributed by atoms with Gasteiger partial charge in [-0.3, -0.25) is 9.69 Å². The third-order valence-electron chi connectivity index (χ3n) is 7.55. The number of hydrogen-bond donors (Lipinski definition) is 0. The first-order chi connectivity index (χ1) is 19.1. The van der Waals surface area contributed by atoms with Crippen LogP contribution in [0.2, 0.25) is 0 Å². The van der Waals surface area contributed by atoms with Gasteiger partial charge in [0, 0.05) is 13.1 Å². The van der Waals surface area contributed by atoms with Crippen molar-refractivity contribution in [2.45, 2.75) is 64.1 Å². The Hall–Kier alpha value is -3.44. The Morgan fingerprint density at radius 1 is 0.872 bits per heavy atom. The van der Waals surface area contributed by atoms with E-state index in [0.29, 0.717) is 13.0 Å². The highest BCUT2D eigenvalue weighted by Crippen LogP contribution is 2.30. The van der Waals surface area contributed by atoms with E-state index in [-0.39, 0.29) is 23.8 Å². The molecule has 39 heavy (non-hydrogen) atoms. The maximum Gasteiger partial charge on any atom is 0.241 e. The number of nitrogens with zero attached hydrogens (tertiary/aromatic N) is 2. The van der Waals surface area contributed by atoms with Gasteiger partial charge in [0.2, 0.25) is 5.91 Å². The first-order valence-electron chi connectivity index (χ1n) is 14.2. The van der Waals surface area contributed by atoms with Crippen LogP contribution in [-0.4, -0.2) is 41.9 Å². The van der Waals surface area contributed by atoms with Crippen molar-refractivity contribution in [1.29, 1.82) is 0 Å². The quantitative estimate of drug-likeness (QED) is 0.182. The molecule has 0 spiro atoms. The van der Waals surface area contributed by atoms with Gasteiger partial charge in [-0.25, -0.2) is 4.39 Å². The molecule has 0 saturated carbocycles. The molecule has 0 bridgehead atoms. The Labute approximate surface area is 233 Å². The highest BCUT2D eigenvalue weighted by atomic mass is 19.1. The van der Waals surface area contributed by atoms with Gasteiger partial charge < -0.3 is 9.64 Å². The molecule has 4 rings (SSSR count). The van der Waals surface area contributed by atoms with Gasteiger partial charge in [0.05, 0.1) is 19.2 Å². The van der Waals surface area contributed by atoms with Gasteiger partial charge in [0.1, 0.15) is 11.6 Å². The summed E-state index contributed by atoms with van der Waals surface area (Å²) in [5.41, 5.74) is 3.08. The molecule has 5 heteroatoms. The maximum absolute atomic E-state index is 14.6. The molecule has 3 aromatic carbocycles. The molecule has 2 atom stereocenters. The van der Waals surface area contributed by atoms with Gasteiger partial charge in [-0.2, -0.15) is 0 Å². The second-order valence-electron chi connectivity index (χ2n) is 10.4. The molecular formula is C34H41FN2O2. The van der Waals surface area contributed by atoms with E-state index in [4.69, 9.17) is 4.74 Å². The van der Waals surface area contributed by atoms with E-state index in [1.165, 1.54) is 37.8 Å². The Morgan fingerprint density at radius 3 is 2.28 bits per heavy atom. The Balaban J connectivity index is 1.69. The van der Waals surface area contributed by atoms with Gasteiger partial charge in [0.25, 0.3) is 0 Å². The summed E-state index contributed by atoms with van der Waals surface area (Å²) in [5.74, 6) is 0.601. The monoisotopic (exact) mass is 528 g/mol. The fourth-order valence-corrected chi connectivity index (χ4v) is 5.32. The van der Waals surface area contributed by atoms with Crippen molar-refractivity contribution in [3.05, 3.63) is 114 Å². The number of unbranched alkanes of at least 4 members (excludes halogenated alkanes) is 4. The summed E-state index contributed by atoms with van der Waals surface area (Å²) in [6.07, 6.45) is 11.0. The lowest BCUT2D eigenvalue weighted by Crippen LogP contribution is -2.52. The lowest BCUT2D eigenvalue weighted by atomic mass is 9.97. The summed E-state index contributed by atoms with van der Waals surface area (Å²) in [4.78, 5) is 18.9. The molecule has 0 aliphatic carbocycles. The van der Waals surface area contributed by atoms with Crippen LogP contribution in [0.4, 0.5) is 4.39 Å². The highest BCUT2D eigenvalue weighted by Gasteiger charge is 2.34. The minimum absolute atomic E-state index is 0.0990. The lowest BCUT2D eigenvalue weighted by molar-refractivity contribution is -0.139. The van der Waals surface area contributed by atoms with Crippen LogP contribution in [0.3, 0.4) is 0 Å². The van der Waals surface area contributed by atoms with Crippen LogP contribution in [0, 0.1) is 5.82 Å². The van der Waals surface area contributed by atoms with Crippen LogP contribution < -0.4 is 4.74 Å². The van der Waals surface area contributed by atoms with Crippen molar-refractivity contribution in [3.8, 4) is 5.75 Å². The molecule has 0 fully saturated rings. The molecule has 1 amide bonds. The number of benzene rings is 3. The van der Waals surface area contributed by atoms with Crippen LogP contribution in [0.1, 0.15) is 61.8 Å². The van der Waals surface area contributed by atoms with E-state index >= 15 is 0 Å². The van der Waals surface area contributed by atoms with Crippen molar-refractivity contribution in [1.82, 2.24) is 9.80 Å². The molecule has 0 saturated heterocycles. The topological polar surface area (TPSA) is 32.8 Å². The molecule has 0 aromatic heterocycles. The summed E-state index contributed by atoms with van der Waals surface area (Å²) >= 11 is 0. The van der Waals surface area contributed by atoms with E-state index in [0.717, 1.165) is 42.0 Å². The van der Waals surface area contributed by atoms with Crippen molar-refractivity contribution >= 4 is 5.91 Å². The van der Waals surface area contributed by atoms with Crippen molar-refractivity contribution in [2.24, 2.45) is 0 Å². The van der Waals surface area contributed by atoms with Crippen LogP contribution in [0.5, 0.6) is 5.75 Å². The summed E-state index contributed by atoms with van der Waals surface area (Å²) in [6, 6.07) is 24.2. The highest BCUT2D eigenvalue weighted by molar-refractivity contribution is 5.83. The summed E-state index contributed by atoms with van der Waals surface area (Å²) in [5, 5.41) is 0. The zero-order chi connectivity index (χ0) is 27.5. The summed E-state index contributed by atoms with van der Waals surface area (Å²) < 4.78 is 19.1. The standard InChI is InChI=1S/C34H41FN2O2/c1-3-4-5-6-10-23-36-24-11-14-32(29-17-21-31(39-2)22-18-29)37(26-28-15-19-30(35)20-16-28)34(38)33(36)25-27-12-8-7-9-13-27/h7-9,11-22,32-33H,3-6,10,23-26H2,1-2H3/b14-11-/t32-,33+/m1/s1. The minimum Gasteiger partial charge on any atom is -0.497 e. The third-order valence-corrected chi connectivity index (χ3v) is 7.55. The normalized spacial score (nSPS) is 18.9. The van der Waals surface area contributed by atoms with Gasteiger partial charge in [0.15, 0.2) is 0 Å². The lowest BCUT2D eigenvalue weighted by Gasteiger charge is -2.39. The number of hydrogen-bond acceptors (Lipinski definition) is 3. The Bertz CT molecular complexity index is 1180. The van der Waals surface area contributed by atoms with Gasteiger partial charge in [-0.1, -0.05) is 99.4 Å². The molecule has 0 N–H and O–H groups in total. The second kappa shape index (κ2) is 14.6. The van der Waals surface area contributed by atoms with Gasteiger partial charge in [-0.05, 0) is 60.3 Å². The molecule has 1 heterocycles. The van der Waals surface area contributed by atoms with E-state index in [1.54, 1.807) is 19.2 Å². The second-order valence-corrected chi connectivity index (χ2v) is 10.4. The predicted octanol–water partition coefficient (Wildman–Crippen LogP) is 7.36. The molecular weight excluding hydrogens is 487 g/mol. The smallest absolute Gasteiger partial charge is 0.241 e. The fourth-order valence-electron chi connectivity index (χ4n) is 5.32. The minimum atomic E-state index is -0.287. The fraction of sp³-hybridized carbons (Fsp3) is 0.382. The average molecular weight is 529 g/mol. The van der Waals surface area contributed by atoms with Crippen molar-refractivity contribution in [3.63, 3.8) is 0 Å². The average Bonchev–Trinajstić information content (AvgIpc) is 2.97. The Kier molecular flexibility index (Phi) is 10.7. The molecule has 1 aliphatic rings. The molecule has 0 unspecified atom stereocenters. The number of carbonyl (C=O) groups is 1. The zero-order valence-electron chi connectivity index (χ0n) is 23.3. The van der Waals surface area contributed by atoms with Crippen LogP contribution in [-0.2, 0) is 17.8 Å². The van der Waals surface area contributed by atoms with Crippen LogP contribution >= 0.6 is 0 Å². The van der Waals surface area contributed by atoms with E-state index in [2.05, 4.69) is 36.1 Å². The number of rotatable bonds is 12. The number of methoxy groups -OCH3 is 1. The first kappa shape index (κ1) is 28.6. The number of halogens is 1. The van der Waals surface area contributed by atoms with Crippen LogP contribution in [0.25, 0.3) is 0 Å². The molecule has 206 valence electrons. The third kappa shape index (κ3) is 8.03. The molecule has 0 radical (unpaired) electrons. The summed E-state index contributed by atoms with van der Waals surface area (Å²) in [7, 11) is 1.65. The van der Waals surface area contributed by atoms with Crippen molar-refractivity contribution < 1.29 is 13.9 Å². The van der Waals surface area contributed by atoms with E-state index < -0.39 is 0 Å². The molecule has 1 aliphatic heterocycles. The molecule has 4 nitrogen and oxygen atoms in total. The Morgan fingerprint density at radius 2 is 1.59 bits per heavy atom. The maximum atomic E-state index is 14.6. The number of amides is 1. The first-order valence-corrected chi connectivity index (χ1v) is 14.2. The van der Waals surface area contributed by atoms with Crippen LogP contribution in [0.15, 0.2) is 91.0 Å².